The van der Waals surface area contributed by atoms with E-state index in [9.17, 15) is 9.18 Å². The van der Waals surface area contributed by atoms with Gasteiger partial charge in [0.2, 0.25) is 5.91 Å². The third-order valence-corrected chi connectivity index (χ3v) is 5.37. The first kappa shape index (κ1) is 19.3. The van der Waals surface area contributed by atoms with E-state index in [0.29, 0.717) is 18.6 Å². The second-order valence-corrected chi connectivity index (χ2v) is 7.26. The molecule has 1 aliphatic rings. The lowest BCUT2D eigenvalue weighted by Crippen LogP contribution is -2.41. The molecule has 152 valence electrons. The van der Waals surface area contributed by atoms with Gasteiger partial charge >= 0.3 is 0 Å². The Morgan fingerprint density at radius 1 is 1.24 bits per heavy atom. The van der Waals surface area contributed by atoms with Crippen molar-refractivity contribution in [2.45, 2.75) is 25.4 Å². The molecule has 1 fully saturated rings. The molecular formula is C21H24FN5O2. The summed E-state index contributed by atoms with van der Waals surface area (Å²) in [6.07, 6.45) is 1.74. The number of likely N-dealkylation sites (tertiary alicyclic amines) is 1. The second kappa shape index (κ2) is 8.57. The standard InChI is InChI=1S/C21H24FN5O2/c1-29-20-5-3-2-4-15(20)13-23-21(28)14-26-10-8-17(9-11-26)27-19-7-6-16(22)12-18(19)24-25-27/h2-7,12,17H,8-11,13-14H2,1H3,(H,23,28). The lowest BCUT2D eigenvalue weighted by molar-refractivity contribution is -0.122. The maximum Gasteiger partial charge on any atom is 0.234 e. The van der Waals surface area contributed by atoms with Crippen molar-refractivity contribution >= 4 is 16.9 Å². The van der Waals surface area contributed by atoms with Crippen LogP contribution in [0.4, 0.5) is 4.39 Å². The molecule has 4 rings (SSSR count). The lowest BCUT2D eigenvalue weighted by Gasteiger charge is -2.31. The summed E-state index contributed by atoms with van der Waals surface area (Å²) in [6, 6.07) is 12.4. The molecule has 1 N–H and O–H groups in total. The van der Waals surface area contributed by atoms with E-state index >= 15 is 0 Å². The highest BCUT2D eigenvalue weighted by atomic mass is 19.1. The molecule has 3 aromatic rings. The number of para-hydroxylation sites is 1. The van der Waals surface area contributed by atoms with Crippen molar-refractivity contribution in [3.63, 3.8) is 0 Å². The number of rotatable bonds is 6. The number of carbonyl (C=O) groups is 1. The maximum atomic E-state index is 13.3. The minimum absolute atomic E-state index is 0.00367. The highest BCUT2D eigenvalue weighted by Crippen LogP contribution is 2.25. The van der Waals surface area contributed by atoms with Gasteiger partial charge in [0.05, 0.1) is 25.2 Å². The number of carbonyl (C=O) groups excluding carboxylic acids is 1. The van der Waals surface area contributed by atoms with Crippen LogP contribution in [0.3, 0.4) is 0 Å². The molecule has 2 aromatic carbocycles. The fraction of sp³-hybridized carbons (Fsp3) is 0.381. The van der Waals surface area contributed by atoms with Gasteiger partial charge < -0.3 is 10.1 Å². The first-order valence-electron chi connectivity index (χ1n) is 9.75. The summed E-state index contributed by atoms with van der Waals surface area (Å²) in [7, 11) is 1.62. The molecule has 1 aliphatic heterocycles. The van der Waals surface area contributed by atoms with Gasteiger partial charge in [0, 0.05) is 31.3 Å². The number of methoxy groups -OCH3 is 1. The van der Waals surface area contributed by atoms with E-state index in [4.69, 9.17) is 4.74 Å². The van der Waals surface area contributed by atoms with Gasteiger partial charge in [0.15, 0.2) is 0 Å². The zero-order chi connectivity index (χ0) is 20.2. The van der Waals surface area contributed by atoms with Crippen LogP contribution in [0.2, 0.25) is 0 Å². The zero-order valence-corrected chi connectivity index (χ0v) is 16.3. The summed E-state index contributed by atoms with van der Waals surface area (Å²) >= 11 is 0. The van der Waals surface area contributed by atoms with Crippen molar-refractivity contribution in [3.05, 3.63) is 53.8 Å². The van der Waals surface area contributed by atoms with Crippen LogP contribution in [0, 0.1) is 5.82 Å². The van der Waals surface area contributed by atoms with Crippen molar-refractivity contribution in [2.75, 3.05) is 26.7 Å². The number of nitrogens with one attached hydrogen (secondary N) is 1. The van der Waals surface area contributed by atoms with Crippen LogP contribution in [0.1, 0.15) is 24.4 Å². The monoisotopic (exact) mass is 397 g/mol. The molecule has 0 radical (unpaired) electrons. The fourth-order valence-electron chi connectivity index (χ4n) is 3.81. The highest BCUT2D eigenvalue weighted by Gasteiger charge is 2.24. The van der Waals surface area contributed by atoms with Gasteiger partial charge in [0.25, 0.3) is 0 Å². The van der Waals surface area contributed by atoms with E-state index in [1.165, 1.54) is 12.1 Å². The van der Waals surface area contributed by atoms with E-state index in [0.717, 1.165) is 42.8 Å². The van der Waals surface area contributed by atoms with E-state index < -0.39 is 0 Å². The number of hydrogen-bond acceptors (Lipinski definition) is 5. The van der Waals surface area contributed by atoms with Crippen LogP contribution in [-0.4, -0.2) is 52.5 Å². The SMILES string of the molecule is COc1ccccc1CNC(=O)CN1CCC(n2nnc3cc(F)ccc32)CC1. The molecule has 1 amide bonds. The van der Waals surface area contributed by atoms with Crippen molar-refractivity contribution in [1.29, 1.82) is 0 Å². The maximum absolute atomic E-state index is 13.3. The van der Waals surface area contributed by atoms with Gasteiger partial charge in [-0.05, 0) is 31.0 Å². The van der Waals surface area contributed by atoms with Crippen molar-refractivity contribution < 1.29 is 13.9 Å². The van der Waals surface area contributed by atoms with Gasteiger partial charge in [-0.25, -0.2) is 9.07 Å². The normalized spacial score (nSPS) is 15.5. The van der Waals surface area contributed by atoms with Crippen LogP contribution in [-0.2, 0) is 11.3 Å². The molecule has 29 heavy (non-hydrogen) atoms. The molecule has 0 atom stereocenters. The van der Waals surface area contributed by atoms with Crippen molar-refractivity contribution in [1.82, 2.24) is 25.2 Å². The summed E-state index contributed by atoms with van der Waals surface area (Å²) in [6.45, 7) is 2.41. The van der Waals surface area contributed by atoms with Crippen molar-refractivity contribution in [2.24, 2.45) is 0 Å². The molecule has 0 bridgehead atoms. The first-order chi connectivity index (χ1) is 14.1. The number of benzene rings is 2. The van der Waals surface area contributed by atoms with E-state index in [1.54, 1.807) is 13.2 Å². The Labute approximate surface area is 168 Å². The van der Waals surface area contributed by atoms with Crippen LogP contribution in [0.15, 0.2) is 42.5 Å². The van der Waals surface area contributed by atoms with Gasteiger partial charge in [-0.15, -0.1) is 5.10 Å². The molecule has 0 saturated carbocycles. The predicted molar refractivity (Wildman–Crippen MR) is 107 cm³/mol. The van der Waals surface area contributed by atoms with Gasteiger partial charge in [0.1, 0.15) is 17.1 Å². The fourth-order valence-corrected chi connectivity index (χ4v) is 3.81. The Bertz CT molecular complexity index is 998. The number of piperidine rings is 1. The smallest absolute Gasteiger partial charge is 0.234 e. The number of nitrogens with zero attached hydrogens (tertiary/aromatic N) is 4. The van der Waals surface area contributed by atoms with E-state index in [-0.39, 0.29) is 17.8 Å². The Balaban J connectivity index is 1.29. The number of ether oxygens (including phenoxy) is 1. The van der Waals surface area contributed by atoms with Gasteiger partial charge in [-0.1, -0.05) is 23.4 Å². The molecular weight excluding hydrogens is 373 g/mol. The molecule has 0 aliphatic carbocycles. The summed E-state index contributed by atoms with van der Waals surface area (Å²) in [5, 5.41) is 11.3. The summed E-state index contributed by atoms with van der Waals surface area (Å²) in [4.78, 5) is 14.5. The Morgan fingerprint density at radius 2 is 2.03 bits per heavy atom. The van der Waals surface area contributed by atoms with Crippen molar-refractivity contribution in [3.8, 4) is 5.75 Å². The lowest BCUT2D eigenvalue weighted by atomic mass is 10.0. The number of halogens is 1. The minimum atomic E-state index is -0.307. The molecule has 8 heteroatoms. The largest absolute Gasteiger partial charge is 0.496 e. The molecule has 1 aromatic heterocycles. The topological polar surface area (TPSA) is 72.3 Å². The van der Waals surface area contributed by atoms with E-state index in [1.807, 2.05) is 28.9 Å². The Hall–Kier alpha value is -3.00. The molecule has 0 spiro atoms. The van der Waals surface area contributed by atoms with Crippen LogP contribution >= 0.6 is 0 Å². The summed E-state index contributed by atoms with van der Waals surface area (Å²) in [5.41, 5.74) is 2.37. The second-order valence-electron chi connectivity index (χ2n) is 7.26. The number of aromatic nitrogens is 3. The average molecular weight is 397 g/mol. The molecule has 0 unspecified atom stereocenters. The Kier molecular flexibility index (Phi) is 5.71. The van der Waals surface area contributed by atoms with Crippen LogP contribution in [0.25, 0.3) is 11.0 Å². The Morgan fingerprint density at radius 3 is 2.83 bits per heavy atom. The molecule has 7 nitrogen and oxygen atoms in total. The predicted octanol–water partition coefficient (Wildman–Crippen LogP) is 2.53. The third kappa shape index (κ3) is 4.37. The van der Waals surface area contributed by atoms with Crippen LogP contribution in [0.5, 0.6) is 5.75 Å². The third-order valence-electron chi connectivity index (χ3n) is 5.37. The number of hydrogen-bond donors (Lipinski definition) is 1. The summed E-state index contributed by atoms with van der Waals surface area (Å²) < 4.78 is 20.5. The van der Waals surface area contributed by atoms with Gasteiger partial charge in [-0.2, -0.15) is 0 Å². The zero-order valence-electron chi connectivity index (χ0n) is 16.3. The minimum Gasteiger partial charge on any atom is -0.496 e. The molecule has 2 heterocycles. The quantitative estimate of drug-likeness (QED) is 0.692. The summed E-state index contributed by atoms with van der Waals surface area (Å²) in [5.74, 6) is 0.461. The highest BCUT2D eigenvalue weighted by molar-refractivity contribution is 5.78. The first-order valence-corrected chi connectivity index (χ1v) is 9.75. The van der Waals surface area contributed by atoms with E-state index in [2.05, 4.69) is 20.5 Å². The van der Waals surface area contributed by atoms with Gasteiger partial charge in [-0.3, -0.25) is 9.69 Å². The average Bonchev–Trinajstić information content (AvgIpc) is 3.16. The molecule has 1 saturated heterocycles. The number of amides is 1. The van der Waals surface area contributed by atoms with Crippen LogP contribution < -0.4 is 10.1 Å². The number of fused-ring (bicyclic) bond motifs is 1.